The smallest absolute Gasteiger partial charge is 0.118 e. The summed E-state index contributed by atoms with van der Waals surface area (Å²) in [5.41, 5.74) is 1.19. The lowest BCUT2D eigenvalue weighted by molar-refractivity contribution is 0.117. The van der Waals surface area contributed by atoms with Crippen LogP contribution in [0.1, 0.15) is 24.8 Å². The lowest BCUT2D eigenvalue weighted by Gasteiger charge is -2.05. The molecular formula is C13H19O2. The Morgan fingerprint density at radius 3 is 2.47 bits per heavy atom. The summed E-state index contributed by atoms with van der Waals surface area (Å²) in [6.07, 6.45) is 3.23. The van der Waals surface area contributed by atoms with Crippen LogP contribution in [0, 0.1) is 6.92 Å². The van der Waals surface area contributed by atoms with Gasteiger partial charge in [-0.1, -0.05) is 31.9 Å². The standard InChI is InChI=1S/C13H19O2/c1-3-4-5-10-15-11-12-6-8-13(14-2)9-7-12/h6-9H,1,3-5,10-11H2,2H3. The van der Waals surface area contributed by atoms with Crippen LogP contribution in [0.15, 0.2) is 24.3 Å². The van der Waals surface area contributed by atoms with Gasteiger partial charge in [-0.15, -0.1) is 0 Å². The van der Waals surface area contributed by atoms with Gasteiger partial charge in [-0.25, -0.2) is 0 Å². The molecule has 0 aromatic heterocycles. The van der Waals surface area contributed by atoms with Crippen molar-refractivity contribution in [2.75, 3.05) is 13.7 Å². The van der Waals surface area contributed by atoms with Crippen LogP contribution in [0.5, 0.6) is 5.75 Å². The topological polar surface area (TPSA) is 18.5 Å². The summed E-state index contributed by atoms with van der Waals surface area (Å²) in [6.45, 7) is 5.29. The van der Waals surface area contributed by atoms with Gasteiger partial charge >= 0.3 is 0 Å². The SMILES string of the molecule is [CH2]CCCCOCc1ccc(OC)cc1. The zero-order chi connectivity index (χ0) is 10.9. The highest BCUT2D eigenvalue weighted by Gasteiger charge is 1.94. The van der Waals surface area contributed by atoms with Crippen LogP contribution in [0.2, 0.25) is 0 Å². The maximum absolute atomic E-state index is 5.53. The zero-order valence-electron chi connectivity index (χ0n) is 9.37. The third kappa shape index (κ3) is 4.84. The summed E-state index contributed by atoms with van der Waals surface area (Å²) in [4.78, 5) is 0. The van der Waals surface area contributed by atoms with Crippen LogP contribution in [0.3, 0.4) is 0 Å². The minimum Gasteiger partial charge on any atom is -0.497 e. The second kappa shape index (κ2) is 7.30. The first kappa shape index (κ1) is 12.1. The van der Waals surface area contributed by atoms with Crippen molar-refractivity contribution in [2.45, 2.75) is 25.9 Å². The summed E-state index contributed by atoms with van der Waals surface area (Å²) < 4.78 is 10.6. The zero-order valence-corrected chi connectivity index (χ0v) is 9.37. The first-order valence-corrected chi connectivity index (χ1v) is 5.36. The fraction of sp³-hybridized carbons (Fsp3) is 0.462. The van der Waals surface area contributed by atoms with E-state index >= 15 is 0 Å². The Bertz CT molecular complexity index is 254. The van der Waals surface area contributed by atoms with Crippen LogP contribution in [0.4, 0.5) is 0 Å². The molecule has 0 fully saturated rings. The van der Waals surface area contributed by atoms with Crippen LogP contribution in [-0.4, -0.2) is 13.7 Å². The Morgan fingerprint density at radius 1 is 1.13 bits per heavy atom. The van der Waals surface area contributed by atoms with Gasteiger partial charge < -0.3 is 9.47 Å². The lowest BCUT2D eigenvalue weighted by Crippen LogP contribution is -1.95. The van der Waals surface area contributed by atoms with Gasteiger partial charge in [0.25, 0.3) is 0 Å². The fourth-order valence-electron chi connectivity index (χ4n) is 1.29. The van der Waals surface area contributed by atoms with Crippen molar-refractivity contribution < 1.29 is 9.47 Å². The van der Waals surface area contributed by atoms with Crippen LogP contribution < -0.4 is 4.74 Å². The average molecular weight is 207 g/mol. The molecule has 0 aliphatic carbocycles. The molecule has 2 heteroatoms. The van der Waals surface area contributed by atoms with Gasteiger partial charge in [-0.05, 0) is 24.1 Å². The number of benzene rings is 1. The third-order valence-electron chi connectivity index (χ3n) is 2.22. The van der Waals surface area contributed by atoms with E-state index in [0.717, 1.165) is 31.6 Å². The van der Waals surface area contributed by atoms with E-state index in [9.17, 15) is 0 Å². The summed E-state index contributed by atoms with van der Waals surface area (Å²) in [7, 11) is 1.67. The Hall–Kier alpha value is -1.02. The molecule has 15 heavy (non-hydrogen) atoms. The van der Waals surface area contributed by atoms with E-state index in [-0.39, 0.29) is 0 Å². The predicted molar refractivity (Wildman–Crippen MR) is 61.9 cm³/mol. The molecule has 0 aliphatic rings. The van der Waals surface area contributed by atoms with Gasteiger partial charge in [0.2, 0.25) is 0 Å². The first-order valence-electron chi connectivity index (χ1n) is 5.36. The summed E-state index contributed by atoms with van der Waals surface area (Å²) in [5.74, 6) is 0.885. The van der Waals surface area contributed by atoms with Crippen molar-refractivity contribution in [3.63, 3.8) is 0 Å². The number of ether oxygens (including phenoxy) is 2. The maximum Gasteiger partial charge on any atom is 0.118 e. The minimum absolute atomic E-state index is 0.682. The van der Waals surface area contributed by atoms with Crippen molar-refractivity contribution in [1.82, 2.24) is 0 Å². The highest BCUT2D eigenvalue weighted by atomic mass is 16.5. The van der Waals surface area contributed by atoms with Crippen molar-refractivity contribution in [3.05, 3.63) is 36.8 Å². The Kier molecular flexibility index (Phi) is 5.86. The highest BCUT2D eigenvalue weighted by Crippen LogP contribution is 2.12. The van der Waals surface area contributed by atoms with E-state index in [1.807, 2.05) is 24.3 Å². The molecule has 0 bridgehead atoms. The van der Waals surface area contributed by atoms with Gasteiger partial charge in [0, 0.05) is 6.61 Å². The van der Waals surface area contributed by atoms with Crippen molar-refractivity contribution in [3.8, 4) is 5.75 Å². The summed E-state index contributed by atoms with van der Waals surface area (Å²) in [5, 5.41) is 0. The largest absolute Gasteiger partial charge is 0.497 e. The molecule has 0 aliphatic heterocycles. The van der Waals surface area contributed by atoms with Gasteiger partial charge in [0.05, 0.1) is 13.7 Å². The molecule has 1 rings (SSSR count). The van der Waals surface area contributed by atoms with E-state index in [0.29, 0.717) is 6.61 Å². The second-order valence-corrected chi connectivity index (χ2v) is 3.46. The van der Waals surface area contributed by atoms with Crippen LogP contribution >= 0.6 is 0 Å². The van der Waals surface area contributed by atoms with Crippen molar-refractivity contribution in [1.29, 1.82) is 0 Å². The molecule has 0 spiro atoms. The highest BCUT2D eigenvalue weighted by molar-refractivity contribution is 5.26. The molecular weight excluding hydrogens is 188 g/mol. The van der Waals surface area contributed by atoms with Gasteiger partial charge in [0.1, 0.15) is 5.75 Å². The maximum atomic E-state index is 5.53. The molecule has 0 N–H and O–H groups in total. The second-order valence-electron chi connectivity index (χ2n) is 3.46. The summed E-state index contributed by atoms with van der Waals surface area (Å²) in [6, 6.07) is 7.96. The van der Waals surface area contributed by atoms with Crippen LogP contribution in [0.25, 0.3) is 0 Å². The van der Waals surface area contributed by atoms with Gasteiger partial charge in [-0.2, -0.15) is 0 Å². The normalized spacial score (nSPS) is 10.3. The number of rotatable bonds is 7. The Labute approximate surface area is 92.2 Å². The molecule has 0 amide bonds. The number of methoxy groups -OCH3 is 1. The van der Waals surface area contributed by atoms with Crippen LogP contribution in [-0.2, 0) is 11.3 Å². The molecule has 0 atom stereocenters. The lowest BCUT2D eigenvalue weighted by atomic mass is 10.2. The van der Waals surface area contributed by atoms with E-state index in [4.69, 9.17) is 9.47 Å². The molecule has 1 aromatic carbocycles. The predicted octanol–water partition coefficient (Wildman–Crippen LogP) is 3.22. The molecule has 83 valence electrons. The van der Waals surface area contributed by atoms with E-state index < -0.39 is 0 Å². The molecule has 0 saturated carbocycles. The monoisotopic (exact) mass is 207 g/mol. The number of hydrogen-bond donors (Lipinski definition) is 0. The number of hydrogen-bond acceptors (Lipinski definition) is 2. The average Bonchev–Trinajstić information content (AvgIpc) is 2.30. The molecule has 2 nitrogen and oxygen atoms in total. The third-order valence-corrected chi connectivity index (χ3v) is 2.22. The fourth-order valence-corrected chi connectivity index (χ4v) is 1.29. The van der Waals surface area contributed by atoms with E-state index in [1.165, 1.54) is 5.56 Å². The molecule has 1 radical (unpaired) electrons. The quantitative estimate of drug-likeness (QED) is 0.639. The molecule has 1 aromatic rings. The summed E-state index contributed by atoms with van der Waals surface area (Å²) >= 11 is 0. The Balaban J connectivity index is 2.20. The Morgan fingerprint density at radius 2 is 1.87 bits per heavy atom. The van der Waals surface area contributed by atoms with Crippen molar-refractivity contribution >= 4 is 0 Å². The molecule has 0 saturated heterocycles. The van der Waals surface area contributed by atoms with E-state index in [2.05, 4.69) is 6.92 Å². The molecule has 0 heterocycles. The molecule has 0 unspecified atom stereocenters. The van der Waals surface area contributed by atoms with Crippen molar-refractivity contribution in [2.24, 2.45) is 0 Å². The minimum atomic E-state index is 0.682. The van der Waals surface area contributed by atoms with Gasteiger partial charge in [0.15, 0.2) is 0 Å². The van der Waals surface area contributed by atoms with Gasteiger partial charge in [-0.3, -0.25) is 0 Å². The van der Waals surface area contributed by atoms with E-state index in [1.54, 1.807) is 7.11 Å². The first-order chi connectivity index (χ1) is 7.36. The number of unbranched alkanes of at least 4 members (excludes halogenated alkanes) is 2.